The number of hydrazine groups is 1. The molecule has 2 nitrogen and oxygen atoms in total. The number of hydrogen-bond donors (Lipinski definition) is 2. The molecule has 0 spiro atoms. The molecular weight excluding hydrogens is 260 g/mol. The minimum Gasteiger partial charge on any atom is -0.271 e. The van der Waals surface area contributed by atoms with Gasteiger partial charge in [0.05, 0.1) is 6.04 Å². The summed E-state index contributed by atoms with van der Waals surface area (Å²) in [5.74, 6) is 5.77. The lowest BCUT2D eigenvalue weighted by Crippen LogP contribution is -2.27. The van der Waals surface area contributed by atoms with Crippen molar-refractivity contribution in [2.45, 2.75) is 38.6 Å². The standard InChI is InChI=1S/C14H18N2S2/c1-9-6-7-12(17-9)14(16-15)13-8-10-4-2-3-5-11(10)18-13/h6-8,14,16H,2-5,15H2,1H3. The molecule has 1 aliphatic carbocycles. The average molecular weight is 278 g/mol. The monoisotopic (exact) mass is 278 g/mol. The number of hydrogen-bond acceptors (Lipinski definition) is 4. The van der Waals surface area contributed by atoms with Gasteiger partial charge in [0.2, 0.25) is 0 Å². The van der Waals surface area contributed by atoms with Crippen LogP contribution in [0.25, 0.3) is 0 Å². The van der Waals surface area contributed by atoms with Crippen molar-refractivity contribution in [3.8, 4) is 0 Å². The van der Waals surface area contributed by atoms with Crippen LogP contribution >= 0.6 is 22.7 Å². The van der Waals surface area contributed by atoms with E-state index in [1.165, 1.54) is 40.3 Å². The lowest BCUT2D eigenvalue weighted by molar-refractivity contribution is 0.655. The summed E-state index contributed by atoms with van der Waals surface area (Å²) in [5, 5.41) is 0. The minimum atomic E-state index is 0.166. The largest absolute Gasteiger partial charge is 0.271 e. The normalized spacial score (nSPS) is 16.6. The maximum atomic E-state index is 5.77. The maximum Gasteiger partial charge on any atom is 0.0894 e. The van der Waals surface area contributed by atoms with E-state index in [1.807, 2.05) is 22.7 Å². The van der Waals surface area contributed by atoms with Gasteiger partial charge in [-0.05, 0) is 56.4 Å². The second-order valence-electron chi connectivity index (χ2n) is 4.85. The highest BCUT2D eigenvalue weighted by Crippen LogP contribution is 2.36. The van der Waals surface area contributed by atoms with Gasteiger partial charge in [-0.1, -0.05) is 0 Å². The first-order chi connectivity index (χ1) is 8.78. The van der Waals surface area contributed by atoms with Gasteiger partial charge in [0.25, 0.3) is 0 Å². The van der Waals surface area contributed by atoms with Gasteiger partial charge in [-0.15, -0.1) is 22.7 Å². The van der Waals surface area contributed by atoms with Gasteiger partial charge in [0.1, 0.15) is 0 Å². The van der Waals surface area contributed by atoms with Gasteiger partial charge in [-0.2, -0.15) is 0 Å². The van der Waals surface area contributed by atoms with Crippen LogP contribution in [-0.2, 0) is 12.8 Å². The predicted molar refractivity (Wildman–Crippen MR) is 79.2 cm³/mol. The Morgan fingerprint density at radius 1 is 1.17 bits per heavy atom. The molecule has 1 atom stereocenters. The third-order valence-corrected chi connectivity index (χ3v) is 5.88. The minimum absolute atomic E-state index is 0.166. The van der Waals surface area contributed by atoms with Gasteiger partial charge in [-0.25, -0.2) is 5.43 Å². The Bertz CT molecular complexity index is 518. The van der Waals surface area contributed by atoms with Crippen molar-refractivity contribution in [1.29, 1.82) is 0 Å². The first-order valence-corrected chi connectivity index (χ1v) is 8.05. The highest BCUT2D eigenvalue weighted by molar-refractivity contribution is 7.13. The molecule has 2 aromatic rings. The Morgan fingerprint density at radius 2 is 2.00 bits per heavy atom. The predicted octanol–water partition coefficient (Wildman–Crippen LogP) is 3.55. The van der Waals surface area contributed by atoms with E-state index in [4.69, 9.17) is 5.84 Å². The van der Waals surface area contributed by atoms with Crippen LogP contribution < -0.4 is 11.3 Å². The van der Waals surface area contributed by atoms with E-state index < -0.39 is 0 Å². The van der Waals surface area contributed by atoms with Gasteiger partial charge >= 0.3 is 0 Å². The molecular formula is C14H18N2S2. The van der Waals surface area contributed by atoms with Gasteiger partial charge in [0, 0.05) is 19.5 Å². The summed E-state index contributed by atoms with van der Waals surface area (Å²) in [5.41, 5.74) is 4.53. The number of thiophene rings is 2. The van der Waals surface area contributed by atoms with Crippen LogP contribution in [0.15, 0.2) is 18.2 Å². The molecule has 3 N–H and O–H groups in total. The SMILES string of the molecule is Cc1ccc(C(NN)c2cc3c(s2)CCCC3)s1. The molecule has 1 aliphatic rings. The van der Waals surface area contributed by atoms with Gasteiger partial charge in [0.15, 0.2) is 0 Å². The molecule has 0 saturated carbocycles. The smallest absolute Gasteiger partial charge is 0.0894 e. The summed E-state index contributed by atoms with van der Waals surface area (Å²) in [6.07, 6.45) is 5.17. The second-order valence-corrected chi connectivity index (χ2v) is 7.34. The van der Waals surface area contributed by atoms with Crippen molar-refractivity contribution in [2.24, 2.45) is 5.84 Å². The van der Waals surface area contributed by atoms with E-state index in [9.17, 15) is 0 Å². The Labute approximate surface area is 116 Å². The fourth-order valence-electron chi connectivity index (χ4n) is 2.57. The molecule has 18 heavy (non-hydrogen) atoms. The Morgan fingerprint density at radius 3 is 2.67 bits per heavy atom. The third kappa shape index (κ3) is 2.26. The molecule has 0 fully saturated rings. The fraction of sp³-hybridized carbons (Fsp3) is 0.429. The first kappa shape index (κ1) is 12.4. The zero-order valence-corrected chi connectivity index (χ0v) is 12.2. The third-order valence-electron chi connectivity index (χ3n) is 3.51. The molecule has 0 bridgehead atoms. The van der Waals surface area contributed by atoms with Crippen LogP contribution in [0.3, 0.4) is 0 Å². The van der Waals surface area contributed by atoms with E-state index in [1.54, 1.807) is 10.4 Å². The van der Waals surface area contributed by atoms with Crippen molar-refractivity contribution < 1.29 is 0 Å². The summed E-state index contributed by atoms with van der Waals surface area (Å²) in [6.45, 7) is 2.14. The van der Waals surface area contributed by atoms with E-state index in [2.05, 4.69) is 30.5 Å². The van der Waals surface area contributed by atoms with Crippen molar-refractivity contribution in [3.05, 3.63) is 43.3 Å². The van der Waals surface area contributed by atoms with Gasteiger partial charge < -0.3 is 0 Å². The molecule has 3 rings (SSSR count). The first-order valence-electron chi connectivity index (χ1n) is 6.42. The molecule has 0 saturated heterocycles. The molecule has 2 heterocycles. The topological polar surface area (TPSA) is 38.0 Å². The molecule has 0 aromatic carbocycles. The number of fused-ring (bicyclic) bond motifs is 1. The Kier molecular flexibility index (Phi) is 3.52. The van der Waals surface area contributed by atoms with E-state index in [0.717, 1.165) is 0 Å². The van der Waals surface area contributed by atoms with Crippen LogP contribution in [0.2, 0.25) is 0 Å². The van der Waals surface area contributed by atoms with E-state index in [-0.39, 0.29) is 6.04 Å². The zero-order valence-electron chi connectivity index (χ0n) is 10.5. The number of aryl methyl sites for hydroxylation is 3. The van der Waals surface area contributed by atoms with Crippen molar-refractivity contribution in [2.75, 3.05) is 0 Å². The molecule has 0 aliphatic heterocycles. The van der Waals surface area contributed by atoms with Crippen molar-refractivity contribution in [1.82, 2.24) is 5.43 Å². The Hall–Kier alpha value is -0.680. The summed E-state index contributed by atoms with van der Waals surface area (Å²) in [4.78, 5) is 5.59. The molecule has 0 radical (unpaired) electrons. The summed E-state index contributed by atoms with van der Waals surface area (Å²) < 4.78 is 0. The molecule has 2 aromatic heterocycles. The van der Waals surface area contributed by atoms with E-state index >= 15 is 0 Å². The number of nitrogens with two attached hydrogens (primary N) is 1. The summed E-state index contributed by atoms with van der Waals surface area (Å²) in [7, 11) is 0. The highest BCUT2D eigenvalue weighted by atomic mass is 32.1. The second kappa shape index (κ2) is 5.13. The lowest BCUT2D eigenvalue weighted by Gasteiger charge is -2.11. The number of nitrogens with one attached hydrogen (secondary N) is 1. The number of rotatable bonds is 3. The van der Waals surface area contributed by atoms with Crippen LogP contribution in [0, 0.1) is 6.92 Å². The summed E-state index contributed by atoms with van der Waals surface area (Å²) >= 11 is 3.76. The average Bonchev–Trinajstić information content (AvgIpc) is 2.96. The van der Waals surface area contributed by atoms with Crippen LogP contribution in [0.5, 0.6) is 0 Å². The molecule has 1 unspecified atom stereocenters. The van der Waals surface area contributed by atoms with Crippen LogP contribution in [0.4, 0.5) is 0 Å². The maximum absolute atomic E-state index is 5.77. The summed E-state index contributed by atoms with van der Waals surface area (Å²) in [6, 6.07) is 6.87. The highest BCUT2D eigenvalue weighted by Gasteiger charge is 2.20. The van der Waals surface area contributed by atoms with Crippen molar-refractivity contribution >= 4 is 22.7 Å². The molecule has 96 valence electrons. The Balaban J connectivity index is 1.94. The van der Waals surface area contributed by atoms with Crippen LogP contribution in [0.1, 0.15) is 44.0 Å². The van der Waals surface area contributed by atoms with Crippen molar-refractivity contribution in [3.63, 3.8) is 0 Å². The molecule has 4 heteroatoms. The fourth-order valence-corrected chi connectivity index (χ4v) is 4.94. The van der Waals surface area contributed by atoms with Gasteiger partial charge in [-0.3, -0.25) is 5.84 Å². The lowest BCUT2D eigenvalue weighted by atomic mass is 9.99. The quantitative estimate of drug-likeness (QED) is 0.665. The zero-order chi connectivity index (χ0) is 12.5. The van der Waals surface area contributed by atoms with E-state index in [0.29, 0.717) is 0 Å². The van der Waals surface area contributed by atoms with Crippen LogP contribution in [-0.4, -0.2) is 0 Å². The molecule has 0 amide bonds.